The number of ketones is 1. The molecule has 2 N–H and O–H groups in total. The number of carbonyl (C=O) groups excluding carboxylic acids is 2. The molecule has 0 radical (unpaired) electrons. The topological polar surface area (TPSA) is 115 Å². The van der Waals surface area contributed by atoms with Crippen molar-refractivity contribution in [3.63, 3.8) is 0 Å². The molecule has 43 heavy (non-hydrogen) atoms. The highest BCUT2D eigenvalue weighted by atomic mass is 19.1. The molecule has 1 amide bonds. The maximum absolute atomic E-state index is 13.7. The third kappa shape index (κ3) is 6.43. The van der Waals surface area contributed by atoms with E-state index in [-0.39, 0.29) is 18.2 Å². The second-order valence-electron chi connectivity index (χ2n) is 9.80. The molecule has 10 heteroatoms. The summed E-state index contributed by atoms with van der Waals surface area (Å²) in [5.74, 6) is -0.672. The molecule has 0 saturated heterocycles. The fourth-order valence-electron chi connectivity index (χ4n) is 4.72. The van der Waals surface area contributed by atoms with Crippen LogP contribution in [0.3, 0.4) is 0 Å². The molecule has 0 fully saturated rings. The molecule has 0 saturated carbocycles. The van der Waals surface area contributed by atoms with Crippen molar-refractivity contribution < 1.29 is 14.0 Å². The zero-order valence-corrected chi connectivity index (χ0v) is 22.9. The predicted octanol–water partition coefficient (Wildman–Crippen LogP) is 5.82. The van der Waals surface area contributed by atoms with Gasteiger partial charge in [-0.1, -0.05) is 36.4 Å². The molecule has 212 valence electrons. The van der Waals surface area contributed by atoms with Crippen LogP contribution >= 0.6 is 0 Å². The first-order valence-electron chi connectivity index (χ1n) is 13.6. The fraction of sp³-hybridized carbons (Fsp3) is 0.0909. The minimum absolute atomic E-state index is 0.0260. The van der Waals surface area contributed by atoms with Crippen molar-refractivity contribution >= 4 is 34.4 Å². The number of aromatic nitrogens is 5. The number of hydrogen-bond acceptors (Lipinski definition) is 7. The number of imidazole rings is 1. The van der Waals surface area contributed by atoms with Crippen LogP contribution in [0.15, 0.2) is 110 Å². The van der Waals surface area contributed by atoms with Crippen LogP contribution in [0.2, 0.25) is 0 Å². The van der Waals surface area contributed by atoms with Gasteiger partial charge in [0.2, 0.25) is 11.9 Å². The number of nitrogens with zero attached hydrogens (tertiary/aromatic N) is 5. The average molecular weight is 572 g/mol. The zero-order valence-electron chi connectivity index (χ0n) is 22.9. The monoisotopic (exact) mass is 571 g/mol. The van der Waals surface area contributed by atoms with Gasteiger partial charge in [0.05, 0.1) is 23.3 Å². The molecule has 0 atom stereocenters. The highest BCUT2D eigenvalue weighted by molar-refractivity contribution is 6.04. The molecule has 2 aromatic carbocycles. The van der Waals surface area contributed by atoms with E-state index >= 15 is 0 Å². The molecule has 4 aromatic heterocycles. The van der Waals surface area contributed by atoms with Crippen LogP contribution < -0.4 is 10.6 Å². The molecule has 4 heterocycles. The summed E-state index contributed by atoms with van der Waals surface area (Å²) >= 11 is 0. The van der Waals surface area contributed by atoms with Crippen LogP contribution in [-0.2, 0) is 13.0 Å². The number of Topliss-reactive ketones (excluding diaryl/α,β-unsaturated/α-hetero) is 1. The number of hydrogen-bond donors (Lipinski definition) is 2. The number of fused-ring (bicyclic) bond motifs is 1. The van der Waals surface area contributed by atoms with Gasteiger partial charge >= 0.3 is 0 Å². The number of aryl methyl sites for hydroxylation is 2. The highest BCUT2D eigenvalue weighted by Gasteiger charge is 2.17. The molecule has 0 unspecified atom stereocenters. The Morgan fingerprint density at radius 1 is 0.837 bits per heavy atom. The van der Waals surface area contributed by atoms with E-state index in [1.165, 1.54) is 18.5 Å². The van der Waals surface area contributed by atoms with E-state index in [4.69, 9.17) is 4.98 Å². The summed E-state index contributed by atoms with van der Waals surface area (Å²) in [5.41, 5.74) is 5.18. The standard InChI is InChI=1S/C33H26FN7O2/c34-31-18-24(10-15-37-31)27-17-25(11-14-36-27)32(43)40-33-39-28-19-26(38-21-30(42)23-6-2-1-3-7-23)8-9-29(28)41(33)16-12-22-5-4-13-35-20-22/h1-11,13-15,17-20,38H,12,16,21H2,(H,39,40,43). The number of rotatable bonds is 10. The van der Waals surface area contributed by atoms with Gasteiger partial charge in [0.1, 0.15) is 0 Å². The zero-order chi connectivity index (χ0) is 29.6. The van der Waals surface area contributed by atoms with Gasteiger partial charge < -0.3 is 9.88 Å². The van der Waals surface area contributed by atoms with Gasteiger partial charge in [-0.3, -0.25) is 24.9 Å². The summed E-state index contributed by atoms with van der Waals surface area (Å²) in [4.78, 5) is 42.8. The lowest BCUT2D eigenvalue weighted by Crippen LogP contribution is -2.17. The van der Waals surface area contributed by atoms with Crippen LogP contribution in [0.4, 0.5) is 16.0 Å². The SMILES string of the molecule is O=C(CNc1ccc2c(c1)nc(NC(=O)c1ccnc(-c3ccnc(F)c3)c1)n2CCc1cccnc1)c1ccccc1. The second-order valence-corrected chi connectivity index (χ2v) is 9.80. The maximum Gasteiger partial charge on any atom is 0.258 e. The Morgan fingerprint density at radius 2 is 1.70 bits per heavy atom. The Kier molecular flexibility index (Phi) is 7.90. The van der Waals surface area contributed by atoms with E-state index in [9.17, 15) is 14.0 Å². The van der Waals surface area contributed by atoms with Crippen LogP contribution in [0.5, 0.6) is 0 Å². The molecule has 0 aliphatic rings. The van der Waals surface area contributed by atoms with Gasteiger partial charge in [0.25, 0.3) is 5.91 Å². The van der Waals surface area contributed by atoms with Crippen LogP contribution in [0.1, 0.15) is 26.3 Å². The van der Waals surface area contributed by atoms with Gasteiger partial charge in [-0.25, -0.2) is 9.97 Å². The normalized spacial score (nSPS) is 10.9. The van der Waals surface area contributed by atoms with E-state index in [2.05, 4.69) is 25.6 Å². The molecule has 0 bridgehead atoms. The minimum atomic E-state index is -0.630. The molecule has 6 rings (SSSR count). The Bertz CT molecular complexity index is 1910. The summed E-state index contributed by atoms with van der Waals surface area (Å²) in [5, 5.41) is 6.12. The predicted molar refractivity (Wildman–Crippen MR) is 162 cm³/mol. The van der Waals surface area contributed by atoms with Gasteiger partial charge in [-0.15, -0.1) is 0 Å². The van der Waals surface area contributed by atoms with E-state index in [0.29, 0.717) is 46.8 Å². The maximum atomic E-state index is 13.7. The van der Waals surface area contributed by atoms with E-state index in [1.807, 2.05) is 59.3 Å². The first-order chi connectivity index (χ1) is 21.0. The van der Waals surface area contributed by atoms with E-state index in [1.54, 1.807) is 36.5 Å². The number of nitrogens with one attached hydrogen (secondary N) is 2. The molecule has 0 spiro atoms. The third-order valence-electron chi connectivity index (χ3n) is 6.91. The Morgan fingerprint density at radius 3 is 2.51 bits per heavy atom. The van der Waals surface area contributed by atoms with Crippen LogP contribution in [0.25, 0.3) is 22.3 Å². The minimum Gasteiger partial charge on any atom is -0.378 e. The summed E-state index contributed by atoms with van der Waals surface area (Å²) in [6.45, 7) is 0.668. The van der Waals surface area contributed by atoms with Crippen molar-refractivity contribution in [3.8, 4) is 11.3 Å². The Hall–Kier alpha value is -5.77. The molecular formula is C33H26FN7O2. The summed E-state index contributed by atoms with van der Waals surface area (Å²) in [7, 11) is 0. The largest absolute Gasteiger partial charge is 0.378 e. The highest BCUT2D eigenvalue weighted by Crippen LogP contribution is 2.25. The van der Waals surface area contributed by atoms with Crippen molar-refractivity contribution in [2.24, 2.45) is 0 Å². The van der Waals surface area contributed by atoms with Gasteiger partial charge in [-0.2, -0.15) is 4.39 Å². The van der Waals surface area contributed by atoms with Gasteiger partial charge in [-0.05, 0) is 54.4 Å². The number of halogens is 1. The third-order valence-corrected chi connectivity index (χ3v) is 6.91. The smallest absolute Gasteiger partial charge is 0.258 e. The van der Waals surface area contributed by atoms with E-state index < -0.39 is 5.95 Å². The molecular weight excluding hydrogens is 545 g/mol. The lowest BCUT2D eigenvalue weighted by molar-refractivity contribution is 0.100. The van der Waals surface area contributed by atoms with Gasteiger partial charge in [0.15, 0.2) is 5.78 Å². The summed E-state index contributed by atoms with van der Waals surface area (Å²) < 4.78 is 15.6. The lowest BCUT2D eigenvalue weighted by Gasteiger charge is -2.11. The van der Waals surface area contributed by atoms with Crippen molar-refractivity contribution in [1.82, 2.24) is 24.5 Å². The van der Waals surface area contributed by atoms with Crippen LogP contribution in [-0.4, -0.2) is 42.7 Å². The van der Waals surface area contributed by atoms with Crippen molar-refractivity contribution in [2.75, 3.05) is 17.2 Å². The number of pyridine rings is 3. The van der Waals surface area contributed by atoms with Crippen molar-refractivity contribution in [2.45, 2.75) is 13.0 Å². The lowest BCUT2D eigenvalue weighted by atomic mass is 10.1. The van der Waals surface area contributed by atoms with E-state index in [0.717, 1.165) is 16.8 Å². The average Bonchev–Trinajstić information content (AvgIpc) is 3.39. The number of anilines is 2. The molecule has 0 aliphatic carbocycles. The van der Waals surface area contributed by atoms with Gasteiger partial charge in [0, 0.05) is 59.8 Å². The summed E-state index contributed by atoms with van der Waals surface area (Å²) in [6.07, 6.45) is 7.06. The quantitative estimate of drug-likeness (QED) is 0.157. The first kappa shape index (κ1) is 27.4. The molecule has 9 nitrogen and oxygen atoms in total. The second kappa shape index (κ2) is 12.4. The first-order valence-corrected chi connectivity index (χ1v) is 13.6. The number of amides is 1. The molecule has 0 aliphatic heterocycles. The van der Waals surface area contributed by atoms with Crippen molar-refractivity contribution in [3.05, 3.63) is 132 Å². The number of benzene rings is 2. The fourth-order valence-corrected chi connectivity index (χ4v) is 4.72. The Balaban J connectivity index is 1.27. The Labute approximate surface area is 246 Å². The van der Waals surface area contributed by atoms with Crippen LogP contribution in [0, 0.1) is 5.95 Å². The number of carbonyl (C=O) groups is 2. The summed E-state index contributed by atoms with van der Waals surface area (Å²) in [6, 6.07) is 24.7. The molecule has 6 aromatic rings. The van der Waals surface area contributed by atoms with Crippen molar-refractivity contribution in [1.29, 1.82) is 0 Å².